The lowest BCUT2D eigenvalue weighted by Gasteiger charge is -2.31. The predicted molar refractivity (Wildman–Crippen MR) is 89.5 cm³/mol. The van der Waals surface area contributed by atoms with Crippen LogP contribution in [-0.2, 0) is 20.8 Å². The highest BCUT2D eigenvalue weighted by molar-refractivity contribution is 5.78. The van der Waals surface area contributed by atoms with Crippen molar-refractivity contribution in [3.8, 4) is 0 Å². The summed E-state index contributed by atoms with van der Waals surface area (Å²) in [5, 5.41) is 21.4. The first-order valence-corrected chi connectivity index (χ1v) is 8.24. The number of carbonyl (C=O) groups is 2. The van der Waals surface area contributed by atoms with Gasteiger partial charge in [0.25, 0.3) is 0 Å². The molecule has 0 saturated heterocycles. The molecule has 0 aromatic heterocycles. The molecule has 1 amide bonds. The van der Waals surface area contributed by atoms with Crippen LogP contribution in [0, 0.1) is 11.8 Å². The molecule has 134 valence electrons. The zero-order chi connectivity index (χ0) is 18.2. The first kappa shape index (κ1) is 18.9. The van der Waals surface area contributed by atoms with Gasteiger partial charge in [-0.05, 0) is 31.2 Å². The van der Waals surface area contributed by atoms with Crippen molar-refractivity contribution in [2.24, 2.45) is 11.8 Å². The van der Waals surface area contributed by atoms with Gasteiger partial charge in [-0.15, -0.1) is 0 Å². The molecule has 1 saturated carbocycles. The number of rotatable bonds is 7. The van der Waals surface area contributed by atoms with E-state index in [1.54, 1.807) is 5.48 Å². The first-order valence-electron chi connectivity index (χ1n) is 8.24. The van der Waals surface area contributed by atoms with Gasteiger partial charge in [-0.1, -0.05) is 30.3 Å². The van der Waals surface area contributed by atoms with E-state index in [0.29, 0.717) is 31.3 Å². The molecule has 7 nitrogen and oxygen atoms in total. The SMILES string of the molecule is O=C=C1CCC[C@@H](C(=O)O)[C@H]1NCC(Cc1ccccc1)C(=O)NO. The summed E-state index contributed by atoms with van der Waals surface area (Å²) >= 11 is 0. The Hall–Kier alpha value is -2.47. The molecule has 1 fully saturated rings. The Labute approximate surface area is 145 Å². The number of hydrogen-bond donors (Lipinski definition) is 4. The molecule has 3 atom stereocenters. The van der Waals surface area contributed by atoms with Crippen LogP contribution in [0.5, 0.6) is 0 Å². The maximum absolute atomic E-state index is 12.0. The van der Waals surface area contributed by atoms with Crippen molar-refractivity contribution in [1.29, 1.82) is 0 Å². The fourth-order valence-corrected chi connectivity index (χ4v) is 3.24. The third-order valence-electron chi connectivity index (χ3n) is 4.58. The van der Waals surface area contributed by atoms with Crippen molar-refractivity contribution in [2.45, 2.75) is 31.7 Å². The lowest BCUT2D eigenvalue weighted by molar-refractivity contribution is -0.143. The minimum absolute atomic E-state index is 0.140. The third kappa shape index (κ3) is 5.00. The van der Waals surface area contributed by atoms with Gasteiger partial charge < -0.3 is 10.4 Å². The number of carboxylic acids is 1. The van der Waals surface area contributed by atoms with E-state index in [9.17, 15) is 19.5 Å². The van der Waals surface area contributed by atoms with Crippen LogP contribution in [0.1, 0.15) is 24.8 Å². The average molecular weight is 346 g/mol. The molecule has 0 spiro atoms. The van der Waals surface area contributed by atoms with Crippen LogP contribution in [0.3, 0.4) is 0 Å². The Morgan fingerprint density at radius 3 is 2.60 bits per heavy atom. The predicted octanol–water partition coefficient (Wildman–Crippen LogP) is 0.952. The highest BCUT2D eigenvalue weighted by atomic mass is 16.5. The van der Waals surface area contributed by atoms with E-state index < -0.39 is 29.8 Å². The minimum atomic E-state index is -0.976. The Balaban J connectivity index is 2.10. The normalized spacial score (nSPS) is 21.2. The largest absolute Gasteiger partial charge is 0.481 e. The highest BCUT2D eigenvalue weighted by Gasteiger charge is 2.35. The third-order valence-corrected chi connectivity index (χ3v) is 4.58. The fraction of sp³-hybridized carbons (Fsp3) is 0.444. The summed E-state index contributed by atoms with van der Waals surface area (Å²) in [6, 6.07) is 8.67. The summed E-state index contributed by atoms with van der Waals surface area (Å²) < 4.78 is 0. The zero-order valence-corrected chi connectivity index (χ0v) is 13.8. The van der Waals surface area contributed by atoms with Crippen LogP contribution in [0.4, 0.5) is 0 Å². The maximum atomic E-state index is 12.0. The van der Waals surface area contributed by atoms with E-state index >= 15 is 0 Å². The van der Waals surface area contributed by atoms with Crippen LogP contribution in [-0.4, -0.2) is 40.7 Å². The second-order valence-corrected chi connectivity index (χ2v) is 6.21. The summed E-state index contributed by atoms with van der Waals surface area (Å²) in [7, 11) is 0. The molecule has 4 N–H and O–H groups in total. The Bertz CT molecular complexity index is 655. The van der Waals surface area contributed by atoms with Gasteiger partial charge in [-0.3, -0.25) is 14.8 Å². The lowest BCUT2D eigenvalue weighted by atomic mass is 9.81. The molecule has 1 aliphatic carbocycles. The molecule has 0 radical (unpaired) electrons. The molecule has 1 unspecified atom stereocenters. The number of aliphatic carboxylic acids is 1. The van der Waals surface area contributed by atoms with Gasteiger partial charge >= 0.3 is 5.97 Å². The molecular weight excluding hydrogens is 324 g/mol. The Morgan fingerprint density at radius 1 is 1.28 bits per heavy atom. The van der Waals surface area contributed by atoms with Gasteiger partial charge in [0.1, 0.15) is 5.94 Å². The van der Waals surface area contributed by atoms with Gasteiger partial charge in [0, 0.05) is 12.1 Å². The number of amides is 1. The van der Waals surface area contributed by atoms with Crippen LogP contribution in [0.25, 0.3) is 0 Å². The molecule has 0 aliphatic heterocycles. The Kier molecular flexibility index (Phi) is 6.89. The van der Waals surface area contributed by atoms with Gasteiger partial charge in [-0.2, -0.15) is 0 Å². The maximum Gasteiger partial charge on any atom is 0.308 e. The Morgan fingerprint density at radius 2 is 2.00 bits per heavy atom. The van der Waals surface area contributed by atoms with Crippen molar-refractivity contribution in [3.05, 3.63) is 41.5 Å². The van der Waals surface area contributed by atoms with E-state index in [1.165, 1.54) is 0 Å². The molecule has 1 aliphatic rings. The monoisotopic (exact) mass is 346 g/mol. The van der Waals surface area contributed by atoms with Gasteiger partial charge in [0.05, 0.1) is 17.9 Å². The topological polar surface area (TPSA) is 116 Å². The van der Waals surface area contributed by atoms with E-state index in [-0.39, 0.29) is 6.54 Å². The van der Waals surface area contributed by atoms with Crippen molar-refractivity contribution in [1.82, 2.24) is 10.8 Å². The summed E-state index contributed by atoms with van der Waals surface area (Å²) in [6.07, 6.45) is 1.98. The summed E-state index contributed by atoms with van der Waals surface area (Å²) in [4.78, 5) is 34.6. The van der Waals surface area contributed by atoms with E-state index in [4.69, 9.17) is 5.21 Å². The van der Waals surface area contributed by atoms with Gasteiger partial charge in [-0.25, -0.2) is 10.3 Å². The molecule has 25 heavy (non-hydrogen) atoms. The molecule has 2 rings (SSSR count). The lowest BCUT2D eigenvalue weighted by Crippen LogP contribution is -2.48. The quantitative estimate of drug-likeness (QED) is 0.332. The minimum Gasteiger partial charge on any atom is -0.481 e. The summed E-state index contributed by atoms with van der Waals surface area (Å²) in [5.74, 6) is -1.01. The molecular formula is C18H22N2O5. The van der Waals surface area contributed by atoms with Crippen LogP contribution < -0.4 is 10.8 Å². The van der Waals surface area contributed by atoms with Crippen molar-refractivity contribution >= 4 is 17.8 Å². The molecule has 0 bridgehead atoms. The summed E-state index contributed by atoms with van der Waals surface area (Å²) in [5.41, 5.74) is 2.96. The zero-order valence-electron chi connectivity index (χ0n) is 13.8. The smallest absolute Gasteiger partial charge is 0.308 e. The number of carbonyl (C=O) groups excluding carboxylic acids is 2. The number of hydroxylamine groups is 1. The van der Waals surface area contributed by atoms with Crippen molar-refractivity contribution in [3.63, 3.8) is 0 Å². The standard InChI is InChI=1S/C18H22N2O5/c21-11-13-7-4-8-15(18(23)24)16(13)19-10-14(17(22)20-25)9-12-5-2-1-3-6-12/h1-3,5-6,14-16,19,25H,4,7-10H2,(H,20,22)(H,23,24)/t14?,15-,16+/m1/s1. The summed E-state index contributed by atoms with van der Waals surface area (Å²) in [6.45, 7) is 0.140. The van der Waals surface area contributed by atoms with Crippen LogP contribution in [0.15, 0.2) is 35.9 Å². The molecule has 1 aromatic rings. The molecule has 1 aromatic carbocycles. The number of nitrogens with one attached hydrogen (secondary N) is 2. The van der Waals surface area contributed by atoms with Crippen LogP contribution >= 0.6 is 0 Å². The molecule has 0 heterocycles. The van der Waals surface area contributed by atoms with E-state index in [0.717, 1.165) is 5.56 Å². The van der Waals surface area contributed by atoms with Crippen molar-refractivity contribution < 1.29 is 24.7 Å². The van der Waals surface area contributed by atoms with E-state index in [1.807, 2.05) is 36.3 Å². The first-order chi connectivity index (χ1) is 12.1. The fourth-order valence-electron chi connectivity index (χ4n) is 3.24. The highest BCUT2D eigenvalue weighted by Crippen LogP contribution is 2.28. The van der Waals surface area contributed by atoms with Crippen LogP contribution in [0.2, 0.25) is 0 Å². The second-order valence-electron chi connectivity index (χ2n) is 6.21. The van der Waals surface area contributed by atoms with Gasteiger partial charge in [0.15, 0.2) is 0 Å². The molecule has 7 heteroatoms. The van der Waals surface area contributed by atoms with Gasteiger partial charge in [0.2, 0.25) is 5.91 Å². The average Bonchev–Trinajstić information content (AvgIpc) is 2.64. The second kappa shape index (κ2) is 9.13. The van der Waals surface area contributed by atoms with Crippen molar-refractivity contribution in [2.75, 3.05) is 6.54 Å². The van der Waals surface area contributed by atoms with E-state index in [2.05, 4.69) is 5.32 Å². The number of carboxylic acid groups (broad SMARTS) is 1. The number of benzene rings is 1. The number of hydrogen-bond acceptors (Lipinski definition) is 5.